The number of hydrogen-bond acceptors (Lipinski definition) is 3. The molecular formula is C17H24N4O2. The molecule has 0 saturated heterocycles. The van der Waals surface area contributed by atoms with Gasteiger partial charge in [-0.05, 0) is 51.0 Å². The molecule has 1 aromatic heterocycles. The van der Waals surface area contributed by atoms with E-state index in [-0.39, 0.29) is 18.7 Å². The first kappa shape index (κ1) is 17.0. The quantitative estimate of drug-likeness (QED) is 0.766. The molecule has 2 aromatic rings. The summed E-state index contributed by atoms with van der Waals surface area (Å²) in [5.41, 5.74) is 3.59. The van der Waals surface area contributed by atoms with Gasteiger partial charge in [0.25, 0.3) is 0 Å². The number of nitrogens with zero attached hydrogens (tertiary/aromatic N) is 2. The lowest BCUT2D eigenvalue weighted by molar-refractivity contribution is 0.237. The van der Waals surface area contributed by atoms with Crippen LogP contribution >= 0.6 is 0 Å². The number of carbonyl (C=O) groups excluding carboxylic acids is 1. The van der Waals surface area contributed by atoms with E-state index in [1.165, 1.54) is 0 Å². The van der Waals surface area contributed by atoms with Crippen molar-refractivity contribution in [2.24, 2.45) is 0 Å². The number of anilines is 1. The molecule has 0 fully saturated rings. The lowest BCUT2D eigenvalue weighted by Crippen LogP contribution is -2.38. The molecule has 2 amide bonds. The molecule has 0 radical (unpaired) electrons. The Kier molecular flexibility index (Phi) is 5.76. The van der Waals surface area contributed by atoms with Crippen LogP contribution < -0.4 is 10.6 Å². The van der Waals surface area contributed by atoms with Crippen molar-refractivity contribution < 1.29 is 9.90 Å². The Morgan fingerprint density at radius 1 is 1.35 bits per heavy atom. The third-order valence-corrected chi connectivity index (χ3v) is 3.66. The van der Waals surface area contributed by atoms with Gasteiger partial charge in [0.2, 0.25) is 0 Å². The van der Waals surface area contributed by atoms with Crippen LogP contribution in [-0.2, 0) is 0 Å². The van der Waals surface area contributed by atoms with Crippen LogP contribution in [0.5, 0.6) is 0 Å². The van der Waals surface area contributed by atoms with Crippen LogP contribution in [-0.4, -0.2) is 33.6 Å². The van der Waals surface area contributed by atoms with E-state index >= 15 is 0 Å². The number of benzene rings is 1. The van der Waals surface area contributed by atoms with Gasteiger partial charge in [0.05, 0.1) is 11.4 Å². The second-order valence-corrected chi connectivity index (χ2v) is 5.61. The zero-order chi connectivity index (χ0) is 16.8. The minimum Gasteiger partial charge on any atom is -0.396 e. The molecule has 6 heteroatoms. The molecule has 3 N–H and O–H groups in total. The summed E-state index contributed by atoms with van der Waals surface area (Å²) in [6.07, 6.45) is 1.33. The van der Waals surface area contributed by atoms with Crippen molar-refractivity contribution in [3.05, 3.63) is 41.7 Å². The van der Waals surface area contributed by atoms with Crippen molar-refractivity contribution in [2.45, 2.75) is 39.7 Å². The maximum Gasteiger partial charge on any atom is 0.319 e. The molecule has 2 rings (SSSR count). The van der Waals surface area contributed by atoms with Crippen LogP contribution in [0.2, 0.25) is 0 Å². The Morgan fingerprint density at radius 2 is 2.13 bits per heavy atom. The van der Waals surface area contributed by atoms with E-state index in [4.69, 9.17) is 5.11 Å². The number of carbonyl (C=O) groups is 1. The molecule has 0 aliphatic carbocycles. The van der Waals surface area contributed by atoms with Crippen LogP contribution in [0.15, 0.2) is 30.3 Å². The molecule has 0 aliphatic rings. The SMILES string of the molecule is CCC(CCO)NC(=O)Nc1cccc(-n2nc(C)cc2C)c1. The number of rotatable bonds is 6. The first-order valence-electron chi connectivity index (χ1n) is 7.85. The Hall–Kier alpha value is -2.34. The fourth-order valence-electron chi connectivity index (χ4n) is 2.49. The van der Waals surface area contributed by atoms with Gasteiger partial charge in [0.15, 0.2) is 0 Å². The number of nitrogens with one attached hydrogen (secondary N) is 2. The fraction of sp³-hybridized carbons (Fsp3) is 0.412. The van der Waals surface area contributed by atoms with Crippen molar-refractivity contribution in [3.63, 3.8) is 0 Å². The van der Waals surface area contributed by atoms with Gasteiger partial charge >= 0.3 is 6.03 Å². The molecule has 23 heavy (non-hydrogen) atoms. The summed E-state index contributed by atoms with van der Waals surface area (Å²) in [7, 11) is 0. The summed E-state index contributed by atoms with van der Waals surface area (Å²) < 4.78 is 1.85. The monoisotopic (exact) mass is 316 g/mol. The fourth-order valence-corrected chi connectivity index (χ4v) is 2.49. The lowest BCUT2D eigenvalue weighted by Gasteiger charge is -2.16. The van der Waals surface area contributed by atoms with Crippen LogP contribution in [0, 0.1) is 13.8 Å². The molecule has 0 spiro atoms. The highest BCUT2D eigenvalue weighted by Crippen LogP contribution is 2.16. The van der Waals surface area contributed by atoms with Crippen molar-refractivity contribution in [3.8, 4) is 5.69 Å². The topological polar surface area (TPSA) is 79.2 Å². The van der Waals surface area contributed by atoms with Crippen LogP contribution in [0.4, 0.5) is 10.5 Å². The summed E-state index contributed by atoms with van der Waals surface area (Å²) in [4.78, 5) is 12.0. The largest absolute Gasteiger partial charge is 0.396 e. The summed E-state index contributed by atoms with van der Waals surface area (Å²) in [6, 6.07) is 9.26. The second kappa shape index (κ2) is 7.78. The van der Waals surface area contributed by atoms with E-state index in [0.717, 1.165) is 23.5 Å². The summed E-state index contributed by atoms with van der Waals surface area (Å²) in [5, 5.41) is 19.1. The molecule has 0 saturated carbocycles. The minimum absolute atomic E-state index is 0.0285. The highest BCUT2D eigenvalue weighted by molar-refractivity contribution is 5.89. The van der Waals surface area contributed by atoms with Crippen LogP contribution in [0.25, 0.3) is 5.69 Å². The van der Waals surface area contributed by atoms with E-state index in [1.54, 1.807) is 0 Å². The first-order chi connectivity index (χ1) is 11.0. The third kappa shape index (κ3) is 4.56. The molecule has 1 atom stereocenters. The van der Waals surface area contributed by atoms with E-state index in [9.17, 15) is 4.79 Å². The number of aromatic nitrogens is 2. The average molecular weight is 316 g/mol. The maximum absolute atomic E-state index is 12.0. The van der Waals surface area contributed by atoms with Gasteiger partial charge in [-0.2, -0.15) is 5.10 Å². The van der Waals surface area contributed by atoms with Gasteiger partial charge in [-0.1, -0.05) is 13.0 Å². The van der Waals surface area contributed by atoms with Crippen molar-refractivity contribution in [1.82, 2.24) is 15.1 Å². The molecule has 1 unspecified atom stereocenters. The highest BCUT2D eigenvalue weighted by atomic mass is 16.3. The molecule has 0 bridgehead atoms. The van der Waals surface area contributed by atoms with Crippen molar-refractivity contribution in [1.29, 1.82) is 0 Å². The number of amides is 2. The standard InChI is InChI=1S/C17H24N4O2/c1-4-14(8-9-22)18-17(23)19-15-6-5-7-16(11-15)21-13(3)10-12(2)20-21/h5-7,10-11,14,22H,4,8-9H2,1-3H3,(H2,18,19,23). The highest BCUT2D eigenvalue weighted by Gasteiger charge is 2.10. The molecule has 1 aromatic carbocycles. The molecular weight excluding hydrogens is 292 g/mol. The van der Waals surface area contributed by atoms with E-state index < -0.39 is 0 Å². The summed E-state index contributed by atoms with van der Waals surface area (Å²) >= 11 is 0. The molecule has 124 valence electrons. The Labute approximate surface area is 136 Å². The zero-order valence-electron chi connectivity index (χ0n) is 13.8. The van der Waals surface area contributed by atoms with E-state index in [2.05, 4.69) is 15.7 Å². The summed E-state index contributed by atoms with van der Waals surface area (Å²) in [6.45, 7) is 5.98. The van der Waals surface area contributed by atoms with Gasteiger partial charge < -0.3 is 15.7 Å². The molecule has 1 heterocycles. The number of hydrogen-bond donors (Lipinski definition) is 3. The molecule has 0 aliphatic heterocycles. The Morgan fingerprint density at radius 3 is 2.74 bits per heavy atom. The normalized spacial score (nSPS) is 12.0. The Bertz CT molecular complexity index is 666. The number of aliphatic hydroxyl groups is 1. The van der Waals surface area contributed by atoms with Gasteiger partial charge in [-0.3, -0.25) is 0 Å². The maximum atomic E-state index is 12.0. The number of aryl methyl sites for hydroxylation is 2. The van der Waals surface area contributed by atoms with Gasteiger partial charge in [0, 0.05) is 24.0 Å². The molecule has 6 nitrogen and oxygen atoms in total. The summed E-state index contributed by atoms with van der Waals surface area (Å²) in [5.74, 6) is 0. The predicted octanol–water partition coefficient (Wildman–Crippen LogP) is 2.77. The predicted molar refractivity (Wildman–Crippen MR) is 91.0 cm³/mol. The number of aliphatic hydroxyl groups excluding tert-OH is 1. The smallest absolute Gasteiger partial charge is 0.319 e. The van der Waals surface area contributed by atoms with Crippen molar-refractivity contribution >= 4 is 11.7 Å². The van der Waals surface area contributed by atoms with Gasteiger partial charge in [0.1, 0.15) is 0 Å². The minimum atomic E-state index is -0.268. The Balaban J connectivity index is 2.08. The van der Waals surface area contributed by atoms with Gasteiger partial charge in [-0.25, -0.2) is 9.48 Å². The second-order valence-electron chi connectivity index (χ2n) is 5.61. The van der Waals surface area contributed by atoms with Crippen LogP contribution in [0.1, 0.15) is 31.2 Å². The third-order valence-electron chi connectivity index (χ3n) is 3.66. The van der Waals surface area contributed by atoms with Crippen molar-refractivity contribution in [2.75, 3.05) is 11.9 Å². The zero-order valence-corrected chi connectivity index (χ0v) is 13.8. The number of urea groups is 1. The average Bonchev–Trinajstić information content (AvgIpc) is 2.85. The lowest BCUT2D eigenvalue weighted by atomic mass is 10.2. The van der Waals surface area contributed by atoms with E-state index in [1.807, 2.05) is 55.8 Å². The van der Waals surface area contributed by atoms with E-state index in [0.29, 0.717) is 12.1 Å². The first-order valence-corrected chi connectivity index (χ1v) is 7.85. The van der Waals surface area contributed by atoms with Gasteiger partial charge in [-0.15, -0.1) is 0 Å². The van der Waals surface area contributed by atoms with Crippen LogP contribution in [0.3, 0.4) is 0 Å².